The molecule has 0 fully saturated rings. The van der Waals surface area contributed by atoms with Crippen molar-refractivity contribution in [2.24, 2.45) is 0 Å². The van der Waals surface area contributed by atoms with E-state index in [1.807, 2.05) is 6.07 Å². The first-order valence-electron chi connectivity index (χ1n) is 7.97. The summed E-state index contributed by atoms with van der Waals surface area (Å²) in [6.07, 6.45) is 0. The molecule has 0 aliphatic heterocycles. The SMILES string of the molecule is N#Cc1ccc(Cl)cc1NC(=O)CSc1nnc(NCc2ccc(F)cc2)s1. The van der Waals surface area contributed by atoms with Crippen molar-refractivity contribution < 1.29 is 9.18 Å². The molecule has 0 bridgehead atoms. The molecule has 142 valence electrons. The Kier molecular flexibility index (Phi) is 6.81. The smallest absolute Gasteiger partial charge is 0.234 e. The van der Waals surface area contributed by atoms with E-state index < -0.39 is 0 Å². The number of carbonyl (C=O) groups excluding carboxylic acids is 1. The van der Waals surface area contributed by atoms with Gasteiger partial charge in [-0.2, -0.15) is 5.26 Å². The predicted molar refractivity (Wildman–Crippen MR) is 109 cm³/mol. The van der Waals surface area contributed by atoms with Gasteiger partial charge in [-0.1, -0.05) is 46.8 Å². The maximum Gasteiger partial charge on any atom is 0.234 e. The molecule has 1 heterocycles. The third kappa shape index (κ3) is 5.66. The largest absolute Gasteiger partial charge is 0.356 e. The van der Waals surface area contributed by atoms with E-state index in [2.05, 4.69) is 20.8 Å². The highest BCUT2D eigenvalue weighted by molar-refractivity contribution is 8.01. The van der Waals surface area contributed by atoms with Gasteiger partial charge in [-0.25, -0.2) is 4.39 Å². The molecule has 1 amide bonds. The molecule has 0 saturated carbocycles. The topological polar surface area (TPSA) is 90.7 Å². The van der Waals surface area contributed by atoms with Crippen molar-refractivity contribution in [3.05, 3.63) is 64.4 Å². The standard InChI is InChI=1S/C18H13ClFN5OS2/c19-13-4-3-12(8-21)15(7-13)23-16(26)10-27-18-25-24-17(28-18)22-9-11-1-5-14(20)6-2-11/h1-7H,9-10H2,(H,22,24)(H,23,26). The molecule has 0 radical (unpaired) electrons. The van der Waals surface area contributed by atoms with Crippen LogP contribution in [0.15, 0.2) is 46.8 Å². The predicted octanol–water partition coefficient (Wildman–Crippen LogP) is 4.55. The zero-order valence-electron chi connectivity index (χ0n) is 14.3. The number of hydrogen-bond donors (Lipinski definition) is 2. The lowest BCUT2D eigenvalue weighted by atomic mass is 10.2. The van der Waals surface area contributed by atoms with Crippen LogP contribution in [0.3, 0.4) is 0 Å². The summed E-state index contributed by atoms with van der Waals surface area (Å²) < 4.78 is 13.5. The van der Waals surface area contributed by atoms with Crippen molar-refractivity contribution in [3.8, 4) is 6.07 Å². The summed E-state index contributed by atoms with van der Waals surface area (Å²) in [4.78, 5) is 12.1. The number of hydrogen-bond acceptors (Lipinski definition) is 7. The number of benzene rings is 2. The van der Waals surface area contributed by atoms with Crippen LogP contribution in [0.2, 0.25) is 5.02 Å². The van der Waals surface area contributed by atoms with Crippen LogP contribution in [0.5, 0.6) is 0 Å². The number of anilines is 2. The molecule has 0 unspecified atom stereocenters. The van der Waals surface area contributed by atoms with E-state index in [0.717, 1.165) is 5.56 Å². The van der Waals surface area contributed by atoms with Crippen LogP contribution in [0.4, 0.5) is 15.2 Å². The van der Waals surface area contributed by atoms with Gasteiger partial charge in [0, 0.05) is 11.6 Å². The van der Waals surface area contributed by atoms with Crippen LogP contribution >= 0.6 is 34.7 Å². The molecule has 0 saturated heterocycles. The maximum atomic E-state index is 12.9. The van der Waals surface area contributed by atoms with E-state index in [4.69, 9.17) is 16.9 Å². The average molecular weight is 434 g/mol. The summed E-state index contributed by atoms with van der Waals surface area (Å²) in [5, 5.41) is 24.0. The molecular weight excluding hydrogens is 421 g/mol. The van der Waals surface area contributed by atoms with Crippen molar-refractivity contribution >= 4 is 51.4 Å². The monoisotopic (exact) mass is 433 g/mol. The summed E-state index contributed by atoms with van der Waals surface area (Å²) in [5.74, 6) is -0.444. The van der Waals surface area contributed by atoms with E-state index in [0.29, 0.717) is 32.3 Å². The number of nitrogens with zero attached hydrogens (tertiary/aromatic N) is 3. The van der Waals surface area contributed by atoms with E-state index in [-0.39, 0.29) is 17.5 Å². The van der Waals surface area contributed by atoms with E-state index in [1.165, 1.54) is 41.3 Å². The Morgan fingerprint density at radius 1 is 1.25 bits per heavy atom. The van der Waals surface area contributed by atoms with Crippen molar-refractivity contribution in [2.75, 3.05) is 16.4 Å². The molecule has 0 atom stereocenters. The zero-order chi connectivity index (χ0) is 19.9. The molecule has 3 rings (SSSR count). The number of amides is 1. The van der Waals surface area contributed by atoms with Crippen LogP contribution in [0, 0.1) is 17.1 Å². The molecule has 3 aromatic rings. The summed E-state index contributed by atoms with van der Waals surface area (Å²) >= 11 is 8.46. The molecule has 2 aromatic carbocycles. The van der Waals surface area contributed by atoms with Crippen LogP contribution < -0.4 is 10.6 Å². The highest BCUT2D eigenvalue weighted by Crippen LogP contribution is 2.26. The van der Waals surface area contributed by atoms with Crippen LogP contribution in [-0.2, 0) is 11.3 Å². The van der Waals surface area contributed by atoms with Gasteiger partial charge >= 0.3 is 0 Å². The molecule has 0 aliphatic carbocycles. The van der Waals surface area contributed by atoms with Gasteiger partial charge in [0.05, 0.1) is 17.0 Å². The normalized spacial score (nSPS) is 10.3. The Morgan fingerprint density at radius 2 is 2.04 bits per heavy atom. The summed E-state index contributed by atoms with van der Waals surface area (Å²) in [6, 6.07) is 12.9. The van der Waals surface area contributed by atoms with Gasteiger partial charge in [0.2, 0.25) is 11.0 Å². The van der Waals surface area contributed by atoms with E-state index in [9.17, 15) is 9.18 Å². The maximum absolute atomic E-state index is 12.9. The first kappa shape index (κ1) is 20.1. The minimum atomic E-state index is -0.281. The van der Waals surface area contributed by atoms with Crippen LogP contribution in [0.25, 0.3) is 0 Å². The fourth-order valence-corrected chi connectivity index (χ4v) is 3.87. The number of rotatable bonds is 7. The molecule has 0 aliphatic rings. The fraction of sp³-hybridized carbons (Fsp3) is 0.111. The third-order valence-electron chi connectivity index (χ3n) is 3.47. The average Bonchev–Trinajstić information content (AvgIpc) is 3.14. The number of halogens is 2. The third-order valence-corrected chi connectivity index (χ3v) is 5.72. The van der Waals surface area contributed by atoms with E-state index >= 15 is 0 Å². The van der Waals surface area contributed by atoms with Gasteiger partial charge in [-0.05, 0) is 35.9 Å². The molecule has 28 heavy (non-hydrogen) atoms. The Morgan fingerprint density at radius 3 is 2.79 bits per heavy atom. The Bertz CT molecular complexity index is 1020. The minimum absolute atomic E-state index is 0.115. The Hall–Kier alpha value is -2.67. The minimum Gasteiger partial charge on any atom is -0.356 e. The lowest BCUT2D eigenvalue weighted by molar-refractivity contribution is -0.113. The van der Waals surface area contributed by atoms with Crippen molar-refractivity contribution in [1.29, 1.82) is 5.26 Å². The second kappa shape index (κ2) is 9.50. The Labute approximate surface area is 173 Å². The summed E-state index contributed by atoms with van der Waals surface area (Å²) in [5.41, 5.74) is 1.63. The first-order valence-corrected chi connectivity index (χ1v) is 10.2. The molecule has 2 N–H and O–H groups in total. The summed E-state index contributed by atoms with van der Waals surface area (Å²) in [7, 11) is 0. The summed E-state index contributed by atoms with van der Waals surface area (Å²) in [6.45, 7) is 0.492. The van der Waals surface area contributed by atoms with Crippen molar-refractivity contribution in [3.63, 3.8) is 0 Å². The molecule has 10 heteroatoms. The molecular formula is C18H13ClFN5OS2. The van der Waals surface area contributed by atoms with Gasteiger partial charge in [0.1, 0.15) is 11.9 Å². The first-order chi connectivity index (χ1) is 13.5. The molecule has 6 nitrogen and oxygen atoms in total. The van der Waals surface area contributed by atoms with Gasteiger partial charge in [0.15, 0.2) is 4.34 Å². The number of nitriles is 1. The second-order valence-corrected chi connectivity index (χ2v) is 8.13. The fourth-order valence-electron chi connectivity index (χ4n) is 2.15. The number of thioether (sulfide) groups is 1. The lowest BCUT2D eigenvalue weighted by Crippen LogP contribution is -2.14. The zero-order valence-corrected chi connectivity index (χ0v) is 16.7. The van der Waals surface area contributed by atoms with Gasteiger partial charge in [0.25, 0.3) is 0 Å². The van der Waals surface area contributed by atoms with Gasteiger partial charge < -0.3 is 10.6 Å². The van der Waals surface area contributed by atoms with E-state index in [1.54, 1.807) is 24.3 Å². The molecule has 0 spiro atoms. The Balaban J connectivity index is 1.50. The van der Waals surface area contributed by atoms with Crippen LogP contribution in [-0.4, -0.2) is 21.9 Å². The number of aromatic nitrogens is 2. The van der Waals surface area contributed by atoms with Crippen molar-refractivity contribution in [2.45, 2.75) is 10.9 Å². The van der Waals surface area contributed by atoms with Gasteiger partial charge in [-0.15, -0.1) is 10.2 Å². The highest BCUT2D eigenvalue weighted by Gasteiger charge is 2.11. The quantitative estimate of drug-likeness (QED) is 0.531. The van der Waals surface area contributed by atoms with Gasteiger partial charge in [-0.3, -0.25) is 4.79 Å². The second-order valence-electron chi connectivity index (χ2n) is 5.49. The highest BCUT2D eigenvalue weighted by atomic mass is 35.5. The lowest BCUT2D eigenvalue weighted by Gasteiger charge is -2.06. The molecule has 1 aromatic heterocycles. The number of nitrogens with one attached hydrogen (secondary N) is 2. The van der Waals surface area contributed by atoms with Crippen LogP contribution in [0.1, 0.15) is 11.1 Å². The number of carbonyl (C=O) groups is 1. The van der Waals surface area contributed by atoms with Crippen molar-refractivity contribution in [1.82, 2.24) is 10.2 Å².